The molecule has 0 atom stereocenters. The zero-order valence-electron chi connectivity index (χ0n) is 14.7. The van der Waals surface area contributed by atoms with E-state index >= 15 is 0 Å². The number of hydrogen-bond donors (Lipinski definition) is 1. The Bertz CT molecular complexity index is 934. The number of benzene rings is 2. The Hall–Kier alpha value is -3.04. The number of nitro benzene ring substituents is 1. The van der Waals surface area contributed by atoms with E-state index < -0.39 is 34.7 Å². The van der Waals surface area contributed by atoms with Crippen LogP contribution in [0.3, 0.4) is 0 Å². The molecular formula is C17H14Cl2N2O7. The van der Waals surface area contributed by atoms with Crippen molar-refractivity contribution in [3.05, 3.63) is 56.1 Å². The van der Waals surface area contributed by atoms with Crippen molar-refractivity contribution in [3.8, 4) is 11.5 Å². The molecule has 0 saturated heterocycles. The first-order valence-corrected chi connectivity index (χ1v) is 8.35. The molecule has 28 heavy (non-hydrogen) atoms. The van der Waals surface area contributed by atoms with Crippen molar-refractivity contribution in [1.29, 1.82) is 0 Å². The van der Waals surface area contributed by atoms with Crippen LogP contribution in [-0.2, 0) is 9.53 Å². The Balaban J connectivity index is 2.15. The molecule has 2 rings (SSSR count). The van der Waals surface area contributed by atoms with Gasteiger partial charge in [0.1, 0.15) is 5.56 Å². The molecule has 0 aliphatic heterocycles. The first-order valence-electron chi connectivity index (χ1n) is 7.59. The molecule has 0 saturated carbocycles. The average molecular weight is 429 g/mol. The van der Waals surface area contributed by atoms with Gasteiger partial charge in [0.15, 0.2) is 18.1 Å². The monoisotopic (exact) mass is 428 g/mol. The molecule has 11 heteroatoms. The lowest BCUT2D eigenvalue weighted by molar-refractivity contribution is -0.385. The zero-order chi connectivity index (χ0) is 20.8. The molecule has 1 amide bonds. The van der Waals surface area contributed by atoms with Crippen molar-refractivity contribution in [2.45, 2.75) is 0 Å². The van der Waals surface area contributed by atoms with Gasteiger partial charge in [0.05, 0.1) is 40.9 Å². The number of halogens is 2. The normalized spacial score (nSPS) is 10.1. The topological polar surface area (TPSA) is 117 Å². The summed E-state index contributed by atoms with van der Waals surface area (Å²) in [5.74, 6) is -1.63. The molecule has 0 radical (unpaired) electrons. The highest BCUT2D eigenvalue weighted by Gasteiger charge is 2.26. The largest absolute Gasteiger partial charge is 0.493 e. The van der Waals surface area contributed by atoms with Crippen molar-refractivity contribution >= 4 is 46.5 Å². The van der Waals surface area contributed by atoms with Gasteiger partial charge in [-0.15, -0.1) is 0 Å². The van der Waals surface area contributed by atoms with Crippen LogP contribution < -0.4 is 14.8 Å². The van der Waals surface area contributed by atoms with Crippen molar-refractivity contribution in [3.63, 3.8) is 0 Å². The summed E-state index contributed by atoms with van der Waals surface area (Å²) in [5, 5.41) is 14.0. The number of carbonyl (C=O) groups excluding carboxylic acids is 2. The number of anilines is 1. The summed E-state index contributed by atoms with van der Waals surface area (Å²) >= 11 is 11.8. The van der Waals surface area contributed by atoms with E-state index in [-0.39, 0.29) is 27.2 Å². The fourth-order valence-electron chi connectivity index (χ4n) is 2.18. The number of amides is 1. The Morgan fingerprint density at radius 2 is 1.79 bits per heavy atom. The number of esters is 1. The minimum Gasteiger partial charge on any atom is -0.493 e. The minimum absolute atomic E-state index is 0.0686. The summed E-state index contributed by atoms with van der Waals surface area (Å²) < 4.78 is 14.9. The second-order valence-electron chi connectivity index (χ2n) is 5.21. The molecule has 0 heterocycles. The number of carbonyl (C=O) groups is 2. The van der Waals surface area contributed by atoms with E-state index in [1.54, 1.807) is 6.07 Å². The molecule has 148 valence electrons. The van der Waals surface area contributed by atoms with E-state index in [1.807, 2.05) is 0 Å². The maximum atomic E-state index is 12.3. The molecule has 0 fully saturated rings. The molecular weight excluding hydrogens is 415 g/mol. The predicted molar refractivity (Wildman–Crippen MR) is 102 cm³/mol. The lowest BCUT2D eigenvalue weighted by atomic mass is 10.1. The third-order valence-corrected chi connectivity index (χ3v) is 4.30. The SMILES string of the molecule is COc1cc(C(=O)OCC(=O)Nc2cccc(Cl)c2Cl)c([N+](=O)[O-])cc1OC. The molecule has 1 N–H and O–H groups in total. The maximum Gasteiger partial charge on any atom is 0.345 e. The third kappa shape index (κ3) is 4.81. The van der Waals surface area contributed by atoms with Crippen LogP contribution in [0.2, 0.25) is 10.0 Å². The van der Waals surface area contributed by atoms with Gasteiger partial charge in [-0.3, -0.25) is 14.9 Å². The van der Waals surface area contributed by atoms with E-state index in [0.29, 0.717) is 0 Å². The second kappa shape index (κ2) is 9.25. The van der Waals surface area contributed by atoms with Crippen molar-refractivity contribution in [2.24, 2.45) is 0 Å². The molecule has 0 spiro atoms. The number of nitrogens with zero attached hydrogens (tertiary/aromatic N) is 1. The van der Waals surface area contributed by atoms with Gasteiger partial charge in [0.25, 0.3) is 11.6 Å². The van der Waals surface area contributed by atoms with Gasteiger partial charge in [0.2, 0.25) is 0 Å². The highest BCUT2D eigenvalue weighted by molar-refractivity contribution is 6.44. The number of nitrogens with one attached hydrogen (secondary N) is 1. The number of nitro groups is 1. The lowest BCUT2D eigenvalue weighted by Crippen LogP contribution is -2.21. The predicted octanol–water partition coefficient (Wildman–Crippen LogP) is 3.71. The molecule has 9 nitrogen and oxygen atoms in total. The van der Waals surface area contributed by atoms with Gasteiger partial charge in [-0.05, 0) is 12.1 Å². The number of methoxy groups -OCH3 is 2. The van der Waals surface area contributed by atoms with Crippen LogP contribution in [0.15, 0.2) is 30.3 Å². The van der Waals surface area contributed by atoms with Crippen LogP contribution in [0.4, 0.5) is 11.4 Å². The molecule has 0 aromatic heterocycles. The highest BCUT2D eigenvalue weighted by Crippen LogP contribution is 2.35. The summed E-state index contributed by atoms with van der Waals surface area (Å²) in [6.45, 7) is -0.701. The summed E-state index contributed by atoms with van der Waals surface area (Å²) in [4.78, 5) is 34.7. The first-order chi connectivity index (χ1) is 13.3. The summed E-state index contributed by atoms with van der Waals surface area (Å²) in [5.41, 5.74) is -0.718. The van der Waals surface area contributed by atoms with Crippen LogP contribution in [0, 0.1) is 10.1 Å². The first kappa shape index (κ1) is 21.3. The fourth-order valence-corrected chi connectivity index (χ4v) is 2.53. The Morgan fingerprint density at radius 1 is 1.14 bits per heavy atom. The number of hydrogen-bond acceptors (Lipinski definition) is 7. The number of rotatable bonds is 7. The fraction of sp³-hybridized carbons (Fsp3) is 0.176. The maximum absolute atomic E-state index is 12.3. The molecule has 0 unspecified atom stereocenters. The van der Waals surface area contributed by atoms with E-state index in [1.165, 1.54) is 26.4 Å². The van der Waals surface area contributed by atoms with E-state index in [9.17, 15) is 19.7 Å². The van der Waals surface area contributed by atoms with Crippen LogP contribution in [0.25, 0.3) is 0 Å². The molecule has 0 aliphatic rings. The lowest BCUT2D eigenvalue weighted by Gasteiger charge is -2.11. The zero-order valence-corrected chi connectivity index (χ0v) is 16.2. The van der Waals surface area contributed by atoms with E-state index in [4.69, 9.17) is 37.4 Å². The minimum atomic E-state index is -1.08. The van der Waals surface area contributed by atoms with Crippen molar-refractivity contribution < 1.29 is 28.7 Å². The van der Waals surface area contributed by atoms with Crippen LogP contribution >= 0.6 is 23.2 Å². The van der Waals surface area contributed by atoms with Crippen LogP contribution in [0.5, 0.6) is 11.5 Å². The van der Waals surface area contributed by atoms with Crippen molar-refractivity contribution in [1.82, 2.24) is 0 Å². The Kier molecular flexibility index (Phi) is 7.02. The molecule has 0 aliphatic carbocycles. The van der Waals surface area contributed by atoms with Gasteiger partial charge in [-0.2, -0.15) is 0 Å². The van der Waals surface area contributed by atoms with Crippen LogP contribution in [-0.4, -0.2) is 37.6 Å². The van der Waals surface area contributed by atoms with E-state index in [0.717, 1.165) is 12.1 Å². The van der Waals surface area contributed by atoms with Gasteiger partial charge in [0, 0.05) is 6.07 Å². The average Bonchev–Trinajstić information content (AvgIpc) is 2.68. The quantitative estimate of drug-likeness (QED) is 0.405. The summed E-state index contributed by atoms with van der Waals surface area (Å²) in [6.07, 6.45) is 0. The summed E-state index contributed by atoms with van der Waals surface area (Å²) in [6, 6.07) is 6.75. The Labute approximate surface area is 169 Å². The number of ether oxygens (including phenoxy) is 3. The van der Waals surface area contributed by atoms with Crippen molar-refractivity contribution in [2.75, 3.05) is 26.1 Å². The van der Waals surface area contributed by atoms with Gasteiger partial charge in [-0.1, -0.05) is 29.3 Å². The molecule has 0 bridgehead atoms. The third-order valence-electron chi connectivity index (χ3n) is 3.48. The molecule has 2 aromatic rings. The summed E-state index contributed by atoms with van der Waals surface area (Å²) in [7, 11) is 2.60. The highest BCUT2D eigenvalue weighted by atomic mass is 35.5. The smallest absolute Gasteiger partial charge is 0.345 e. The van der Waals surface area contributed by atoms with E-state index in [2.05, 4.69) is 5.32 Å². The van der Waals surface area contributed by atoms with Gasteiger partial charge in [-0.25, -0.2) is 4.79 Å². The standard InChI is InChI=1S/C17H14Cl2N2O7/c1-26-13-6-9(12(21(24)25)7-14(13)27-2)17(23)28-8-15(22)20-11-5-3-4-10(18)16(11)19/h3-7H,8H2,1-2H3,(H,20,22). The van der Waals surface area contributed by atoms with Gasteiger partial charge >= 0.3 is 5.97 Å². The Morgan fingerprint density at radius 3 is 2.39 bits per heavy atom. The second-order valence-corrected chi connectivity index (χ2v) is 5.99. The molecule has 2 aromatic carbocycles. The van der Waals surface area contributed by atoms with Gasteiger partial charge < -0.3 is 19.5 Å². The van der Waals surface area contributed by atoms with Crippen LogP contribution in [0.1, 0.15) is 10.4 Å².